The SMILES string of the molecule is Cc1cc(C)[n+]2cc(COc3ccc(Cl)cc3C)[nH]c2n1. The van der Waals surface area contributed by atoms with Crippen LogP contribution in [0.5, 0.6) is 5.75 Å². The quantitative estimate of drug-likeness (QED) is 0.754. The second kappa shape index (κ2) is 5.37. The number of fused-ring (bicyclic) bond motifs is 1. The van der Waals surface area contributed by atoms with Crippen LogP contribution in [0.1, 0.15) is 22.6 Å². The van der Waals surface area contributed by atoms with E-state index in [9.17, 15) is 0 Å². The van der Waals surface area contributed by atoms with E-state index in [0.717, 1.165) is 39.2 Å². The third-order valence-electron chi connectivity index (χ3n) is 3.39. The van der Waals surface area contributed by atoms with E-state index in [-0.39, 0.29) is 0 Å². The monoisotopic (exact) mass is 302 g/mol. The largest absolute Gasteiger partial charge is 0.486 e. The summed E-state index contributed by atoms with van der Waals surface area (Å²) >= 11 is 5.95. The summed E-state index contributed by atoms with van der Waals surface area (Å²) in [6.07, 6.45) is 2.02. The molecule has 0 saturated heterocycles. The van der Waals surface area contributed by atoms with Crippen LogP contribution < -0.4 is 9.14 Å². The number of imidazole rings is 1. The Morgan fingerprint density at radius 3 is 2.81 bits per heavy atom. The van der Waals surface area contributed by atoms with Crippen LogP contribution in [0, 0.1) is 20.8 Å². The van der Waals surface area contributed by atoms with E-state index in [2.05, 4.69) is 23.0 Å². The van der Waals surface area contributed by atoms with E-state index in [1.54, 1.807) is 0 Å². The number of hydrogen-bond acceptors (Lipinski definition) is 2. The van der Waals surface area contributed by atoms with Crippen molar-refractivity contribution in [2.45, 2.75) is 27.4 Å². The minimum Gasteiger partial charge on any atom is -0.486 e. The molecule has 2 aromatic heterocycles. The average molecular weight is 303 g/mol. The lowest BCUT2D eigenvalue weighted by atomic mass is 10.2. The fraction of sp³-hybridized carbons (Fsp3) is 0.250. The minimum absolute atomic E-state index is 0.463. The van der Waals surface area contributed by atoms with Gasteiger partial charge >= 0.3 is 5.78 Å². The summed E-state index contributed by atoms with van der Waals surface area (Å²) in [6.45, 7) is 6.49. The molecule has 0 saturated carbocycles. The molecule has 5 heteroatoms. The molecule has 0 aliphatic carbocycles. The number of rotatable bonds is 3. The van der Waals surface area contributed by atoms with Crippen LogP contribution in [-0.4, -0.2) is 9.97 Å². The van der Waals surface area contributed by atoms with Crippen molar-refractivity contribution < 1.29 is 9.14 Å². The Hall–Kier alpha value is -2.07. The van der Waals surface area contributed by atoms with E-state index < -0.39 is 0 Å². The summed E-state index contributed by atoms with van der Waals surface area (Å²) in [4.78, 5) is 7.75. The van der Waals surface area contributed by atoms with Gasteiger partial charge in [0.15, 0.2) is 0 Å². The van der Waals surface area contributed by atoms with Gasteiger partial charge in [0.1, 0.15) is 29.9 Å². The Labute approximate surface area is 128 Å². The van der Waals surface area contributed by atoms with Crippen molar-refractivity contribution in [1.82, 2.24) is 9.97 Å². The molecule has 108 valence electrons. The summed E-state index contributed by atoms with van der Waals surface area (Å²) in [7, 11) is 0. The maximum Gasteiger partial charge on any atom is 0.401 e. The predicted octanol–water partition coefficient (Wildman–Crippen LogP) is 3.31. The summed E-state index contributed by atoms with van der Waals surface area (Å²) < 4.78 is 7.87. The molecule has 0 amide bonds. The zero-order chi connectivity index (χ0) is 15.0. The van der Waals surface area contributed by atoms with Gasteiger partial charge in [0.2, 0.25) is 0 Å². The Balaban J connectivity index is 1.83. The van der Waals surface area contributed by atoms with Gasteiger partial charge in [0.25, 0.3) is 0 Å². The van der Waals surface area contributed by atoms with Crippen molar-refractivity contribution in [3.63, 3.8) is 0 Å². The Bertz CT molecular complexity index is 811. The maximum absolute atomic E-state index is 5.95. The van der Waals surface area contributed by atoms with Crippen molar-refractivity contribution >= 4 is 17.4 Å². The number of aromatic amines is 1. The Kier molecular flexibility index (Phi) is 3.55. The second-order valence-electron chi connectivity index (χ2n) is 5.21. The van der Waals surface area contributed by atoms with Crippen molar-refractivity contribution in [2.75, 3.05) is 0 Å². The fourth-order valence-electron chi connectivity index (χ4n) is 2.38. The van der Waals surface area contributed by atoms with Crippen molar-refractivity contribution in [3.05, 3.63) is 58.1 Å². The molecule has 0 radical (unpaired) electrons. The lowest BCUT2D eigenvalue weighted by molar-refractivity contribution is -0.520. The van der Waals surface area contributed by atoms with Crippen LogP contribution in [0.3, 0.4) is 0 Å². The average Bonchev–Trinajstić information content (AvgIpc) is 2.81. The van der Waals surface area contributed by atoms with Crippen LogP contribution in [0.25, 0.3) is 5.78 Å². The number of aryl methyl sites for hydroxylation is 3. The van der Waals surface area contributed by atoms with E-state index in [4.69, 9.17) is 16.3 Å². The first kappa shape index (κ1) is 13.9. The van der Waals surface area contributed by atoms with Gasteiger partial charge in [-0.15, -0.1) is 0 Å². The van der Waals surface area contributed by atoms with Crippen molar-refractivity contribution in [1.29, 1.82) is 0 Å². The lowest BCUT2D eigenvalue weighted by Crippen LogP contribution is -2.24. The van der Waals surface area contributed by atoms with E-state index in [0.29, 0.717) is 6.61 Å². The van der Waals surface area contributed by atoms with E-state index >= 15 is 0 Å². The zero-order valence-corrected chi connectivity index (χ0v) is 13.0. The van der Waals surface area contributed by atoms with Crippen molar-refractivity contribution in [2.24, 2.45) is 0 Å². The van der Waals surface area contributed by atoms with Crippen LogP contribution in [-0.2, 0) is 6.61 Å². The summed E-state index contributed by atoms with van der Waals surface area (Å²) in [6, 6.07) is 7.67. The third kappa shape index (κ3) is 2.85. The number of hydrogen-bond donors (Lipinski definition) is 1. The normalized spacial score (nSPS) is 11.0. The fourth-order valence-corrected chi connectivity index (χ4v) is 2.61. The molecule has 3 rings (SSSR count). The molecule has 21 heavy (non-hydrogen) atoms. The highest BCUT2D eigenvalue weighted by atomic mass is 35.5. The van der Waals surface area contributed by atoms with Crippen LogP contribution in [0.2, 0.25) is 5.02 Å². The van der Waals surface area contributed by atoms with Gasteiger partial charge in [-0.1, -0.05) is 16.6 Å². The number of nitrogens with zero attached hydrogens (tertiary/aromatic N) is 2. The molecule has 4 nitrogen and oxygen atoms in total. The van der Waals surface area contributed by atoms with Crippen LogP contribution >= 0.6 is 11.6 Å². The second-order valence-corrected chi connectivity index (χ2v) is 5.65. The van der Waals surface area contributed by atoms with E-state index in [1.807, 2.05) is 42.6 Å². The van der Waals surface area contributed by atoms with Gasteiger partial charge in [-0.05, 0) is 44.5 Å². The topological polar surface area (TPSA) is 42.0 Å². The van der Waals surface area contributed by atoms with Gasteiger partial charge in [0, 0.05) is 11.1 Å². The number of benzene rings is 1. The molecule has 0 spiro atoms. The summed E-state index contributed by atoms with van der Waals surface area (Å²) in [5, 5.41) is 0.719. The zero-order valence-electron chi connectivity index (χ0n) is 12.3. The first-order valence-electron chi connectivity index (χ1n) is 6.79. The molecule has 0 unspecified atom stereocenters. The number of nitrogens with one attached hydrogen (secondary N) is 1. The molecular formula is C16H17ClN3O+. The lowest BCUT2D eigenvalue weighted by Gasteiger charge is -2.06. The summed E-state index contributed by atoms with van der Waals surface area (Å²) in [5.41, 5.74) is 4.14. The summed E-state index contributed by atoms with van der Waals surface area (Å²) in [5.74, 6) is 1.67. The first-order chi connectivity index (χ1) is 10.0. The molecule has 0 aliphatic rings. The van der Waals surface area contributed by atoms with Gasteiger partial charge in [-0.25, -0.2) is 9.38 Å². The molecule has 1 aromatic carbocycles. The van der Waals surface area contributed by atoms with Crippen molar-refractivity contribution in [3.8, 4) is 5.75 Å². The molecule has 3 aromatic rings. The van der Waals surface area contributed by atoms with Crippen LogP contribution in [0.4, 0.5) is 0 Å². The highest BCUT2D eigenvalue weighted by Gasteiger charge is 2.13. The predicted molar refractivity (Wildman–Crippen MR) is 81.7 cm³/mol. The molecule has 1 N–H and O–H groups in total. The van der Waals surface area contributed by atoms with Crippen LogP contribution in [0.15, 0.2) is 30.5 Å². The molecule has 0 aliphatic heterocycles. The van der Waals surface area contributed by atoms with Gasteiger partial charge < -0.3 is 4.74 Å². The molecule has 0 bridgehead atoms. The molecule has 2 heterocycles. The first-order valence-corrected chi connectivity index (χ1v) is 7.17. The van der Waals surface area contributed by atoms with E-state index in [1.165, 1.54) is 0 Å². The molecule has 0 atom stereocenters. The van der Waals surface area contributed by atoms with Gasteiger partial charge in [-0.3, -0.25) is 0 Å². The number of H-pyrrole nitrogens is 1. The van der Waals surface area contributed by atoms with Gasteiger partial charge in [0.05, 0.1) is 5.69 Å². The number of ether oxygens (including phenoxy) is 1. The number of aromatic nitrogens is 3. The standard InChI is InChI=1S/C16H16ClN3O/c1-10-6-13(17)4-5-15(10)21-9-14-8-20-12(3)7-11(2)18-16(20)19-14/h4-8H,9H2,1-3H3/p+1. The van der Waals surface area contributed by atoms with Gasteiger partial charge in [-0.2, -0.15) is 0 Å². The third-order valence-corrected chi connectivity index (χ3v) is 3.62. The Morgan fingerprint density at radius 2 is 2.05 bits per heavy atom. The minimum atomic E-state index is 0.463. The Morgan fingerprint density at radius 1 is 1.24 bits per heavy atom. The molecule has 0 fully saturated rings. The smallest absolute Gasteiger partial charge is 0.401 e. The highest BCUT2D eigenvalue weighted by Crippen LogP contribution is 2.22. The highest BCUT2D eigenvalue weighted by molar-refractivity contribution is 6.30. The molecular weight excluding hydrogens is 286 g/mol. The number of halogens is 1. The maximum atomic E-state index is 5.95.